The van der Waals surface area contributed by atoms with E-state index in [4.69, 9.17) is 4.74 Å². The molecule has 0 aliphatic carbocycles. The Kier molecular flexibility index (Phi) is 5.64. The van der Waals surface area contributed by atoms with Gasteiger partial charge in [0, 0.05) is 0 Å². The van der Waals surface area contributed by atoms with Crippen molar-refractivity contribution in [2.45, 2.75) is 12.6 Å². The van der Waals surface area contributed by atoms with E-state index in [2.05, 4.69) is 46.8 Å². The van der Waals surface area contributed by atoms with Crippen LogP contribution in [0.2, 0.25) is 0 Å². The van der Waals surface area contributed by atoms with Gasteiger partial charge < -0.3 is 14.5 Å². The number of aromatic nitrogens is 4. The SMILES string of the molecule is COc1ccccc1[C@@H](c1nnnn1Cc1ccccc1)[NH+]1CC[NH+](C)CC1. The van der Waals surface area contributed by atoms with Gasteiger partial charge in [-0.05, 0) is 28.1 Å². The highest BCUT2D eigenvalue weighted by atomic mass is 16.5. The maximum absolute atomic E-state index is 5.70. The van der Waals surface area contributed by atoms with Crippen molar-refractivity contribution in [3.8, 4) is 5.75 Å². The lowest BCUT2D eigenvalue weighted by Crippen LogP contribution is -3.27. The molecule has 2 aromatic carbocycles. The Bertz CT molecular complexity index is 889. The molecule has 7 heteroatoms. The maximum atomic E-state index is 5.70. The topological polar surface area (TPSA) is 61.7 Å². The van der Waals surface area contributed by atoms with E-state index in [-0.39, 0.29) is 6.04 Å². The van der Waals surface area contributed by atoms with Crippen molar-refractivity contribution >= 4 is 0 Å². The van der Waals surface area contributed by atoms with Gasteiger partial charge >= 0.3 is 0 Å². The zero-order valence-electron chi connectivity index (χ0n) is 16.5. The number of piperazine rings is 1. The average molecular weight is 380 g/mol. The molecule has 146 valence electrons. The summed E-state index contributed by atoms with van der Waals surface area (Å²) in [5.41, 5.74) is 2.33. The van der Waals surface area contributed by atoms with Crippen LogP contribution in [-0.4, -0.2) is 60.5 Å². The molecule has 0 amide bonds. The van der Waals surface area contributed by atoms with Crippen LogP contribution in [0.4, 0.5) is 0 Å². The van der Waals surface area contributed by atoms with E-state index in [0.29, 0.717) is 6.54 Å². The molecule has 0 bridgehead atoms. The summed E-state index contributed by atoms with van der Waals surface area (Å²) in [7, 11) is 3.99. The van der Waals surface area contributed by atoms with Crippen molar-refractivity contribution in [3.63, 3.8) is 0 Å². The van der Waals surface area contributed by atoms with Gasteiger partial charge in [0.25, 0.3) is 0 Å². The van der Waals surface area contributed by atoms with Crippen LogP contribution in [0.3, 0.4) is 0 Å². The molecule has 1 saturated heterocycles. The van der Waals surface area contributed by atoms with Crippen LogP contribution in [-0.2, 0) is 6.54 Å². The van der Waals surface area contributed by atoms with E-state index >= 15 is 0 Å². The van der Waals surface area contributed by atoms with Crippen LogP contribution in [0.1, 0.15) is 23.0 Å². The van der Waals surface area contributed by atoms with Crippen LogP contribution in [0.25, 0.3) is 0 Å². The number of hydrogen-bond donors (Lipinski definition) is 2. The summed E-state index contributed by atoms with van der Waals surface area (Å²) in [5, 5.41) is 12.8. The lowest BCUT2D eigenvalue weighted by atomic mass is 10.0. The first-order chi connectivity index (χ1) is 13.8. The molecule has 1 aliphatic heterocycles. The quantitative estimate of drug-likeness (QED) is 0.590. The normalized spacial score (nSPS) is 20.6. The molecule has 7 nitrogen and oxygen atoms in total. The third kappa shape index (κ3) is 3.90. The van der Waals surface area contributed by atoms with Gasteiger partial charge in [0.15, 0.2) is 6.04 Å². The zero-order valence-corrected chi connectivity index (χ0v) is 16.5. The van der Waals surface area contributed by atoms with Crippen molar-refractivity contribution in [2.24, 2.45) is 0 Å². The Morgan fingerprint density at radius 2 is 1.71 bits per heavy atom. The number of quaternary nitrogens is 2. The number of hydrogen-bond acceptors (Lipinski definition) is 4. The fourth-order valence-electron chi connectivity index (χ4n) is 4.02. The molecule has 28 heavy (non-hydrogen) atoms. The molecule has 2 heterocycles. The van der Waals surface area contributed by atoms with E-state index in [1.54, 1.807) is 12.0 Å². The van der Waals surface area contributed by atoms with Crippen molar-refractivity contribution in [1.82, 2.24) is 20.2 Å². The average Bonchev–Trinajstić information content (AvgIpc) is 3.18. The first kappa shape index (κ1) is 18.6. The number of benzene rings is 2. The molecule has 4 rings (SSSR count). The van der Waals surface area contributed by atoms with E-state index in [9.17, 15) is 0 Å². The number of methoxy groups -OCH3 is 1. The Balaban J connectivity index is 1.73. The smallest absolute Gasteiger partial charge is 0.214 e. The maximum Gasteiger partial charge on any atom is 0.214 e. The Morgan fingerprint density at radius 3 is 2.46 bits per heavy atom. The second-order valence-corrected chi connectivity index (χ2v) is 7.47. The van der Waals surface area contributed by atoms with Crippen LogP contribution in [0, 0.1) is 0 Å². The number of nitrogens with one attached hydrogen (secondary N) is 2. The highest BCUT2D eigenvalue weighted by Crippen LogP contribution is 2.27. The molecule has 1 aromatic heterocycles. The Morgan fingerprint density at radius 1 is 1.00 bits per heavy atom. The molecule has 1 atom stereocenters. The van der Waals surface area contributed by atoms with Crippen molar-refractivity contribution in [3.05, 3.63) is 71.5 Å². The number of nitrogens with zero attached hydrogens (tertiary/aromatic N) is 4. The fourth-order valence-corrected chi connectivity index (χ4v) is 4.02. The van der Waals surface area contributed by atoms with Gasteiger partial charge in [-0.1, -0.05) is 42.5 Å². The lowest BCUT2D eigenvalue weighted by Gasteiger charge is -2.33. The number of likely N-dealkylation sites (N-methyl/N-ethyl adjacent to an activating group) is 1. The summed E-state index contributed by atoms with van der Waals surface area (Å²) in [6.45, 7) is 5.09. The van der Waals surface area contributed by atoms with Crippen LogP contribution >= 0.6 is 0 Å². The Labute approximate surface area is 165 Å². The van der Waals surface area contributed by atoms with E-state index in [1.165, 1.54) is 10.5 Å². The number of ether oxygens (including phenoxy) is 1. The largest absolute Gasteiger partial charge is 0.496 e. The Hall–Kier alpha value is -2.77. The summed E-state index contributed by atoms with van der Waals surface area (Å²) < 4.78 is 7.63. The molecule has 1 fully saturated rings. The predicted molar refractivity (Wildman–Crippen MR) is 106 cm³/mol. The van der Waals surface area contributed by atoms with Crippen LogP contribution in [0.5, 0.6) is 5.75 Å². The van der Waals surface area contributed by atoms with Gasteiger partial charge in [-0.15, -0.1) is 5.10 Å². The van der Waals surface area contributed by atoms with Gasteiger partial charge in [0.2, 0.25) is 5.82 Å². The summed E-state index contributed by atoms with van der Waals surface area (Å²) in [5.74, 6) is 1.78. The van der Waals surface area contributed by atoms with Gasteiger partial charge in [-0.2, -0.15) is 0 Å². The molecule has 0 radical (unpaired) electrons. The van der Waals surface area contributed by atoms with Gasteiger partial charge in [0.05, 0.1) is 26.3 Å². The van der Waals surface area contributed by atoms with Crippen molar-refractivity contribution in [1.29, 1.82) is 0 Å². The molecule has 1 aliphatic rings. The molecular weight excluding hydrogens is 352 g/mol. The monoisotopic (exact) mass is 380 g/mol. The highest BCUT2D eigenvalue weighted by molar-refractivity contribution is 5.37. The van der Waals surface area contributed by atoms with Gasteiger partial charge in [-0.3, -0.25) is 0 Å². The minimum Gasteiger partial charge on any atom is -0.496 e. The zero-order chi connectivity index (χ0) is 19.3. The molecule has 0 unspecified atom stereocenters. The minimum atomic E-state index is 0.0444. The number of para-hydroxylation sites is 1. The second kappa shape index (κ2) is 8.50. The van der Waals surface area contributed by atoms with E-state index in [0.717, 1.165) is 43.3 Å². The summed E-state index contributed by atoms with van der Waals surface area (Å²) >= 11 is 0. The standard InChI is InChI=1S/C21H26N6O/c1-25-12-14-26(15-13-25)20(18-10-6-7-11-19(18)28-2)21-22-23-24-27(21)16-17-8-4-3-5-9-17/h3-11,20H,12-16H2,1-2H3/p+2/t20-/m0/s1. The first-order valence-corrected chi connectivity index (χ1v) is 9.85. The third-order valence-corrected chi connectivity index (χ3v) is 5.60. The van der Waals surface area contributed by atoms with Crippen molar-refractivity contribution in [2.75, 3.05) is 40.3 Å². The van der Waals surface area contributed by atoms with E-state index in [1.807, 2.05) is 35.0 Å². The van der Waals surface area contributed by atoms with Crippen LogP contribution in [0.15, 0.2) is 54.6 Å². The highest BCUT2D eigenvalue weighted by Gasteiger charge is 2.36. The lowest BCUT2D eigenvalue weighted by molar-refractivity contribution is -1.02. The van der Waals surface area contributed by atoms with Gasteiger partial charge in [0.1, 0.15) is 31.9 Å². The van der Waals surface area contributed by atoms with Crippen molar-refractivity contribution < 1.29 is 14.5 Å². The molecule has 3 aromatic rings. The third-order valence-electron chi connectivity index (χ3n) is 5.60. The molecule has 2 N–H and O–H groups in total. The summed E-state index contributed by atoms with van der Waals surface area (Å²) in [4.78, 5) is 3.06. The molecule has 0 saturated carbocycles. The summed E-state index contributed by atoms with van der Waals surface area (Å²) in [6, 6.07) is 18.6. The fraction of sp³-hybridized carbons (Fsp3) is 0.381. The molecular formula is C21H28N6O+2. The van der Waals surface area contributed by atoms with Crippen LogP contribution < -0.4 is 14.5 Å². The number of tetrazole rings is 1. The number of rotatable bonds is 6. The first-order valence-electron chi connectivity index (χ1n) is 9.85. The predicted octanol–water partition coefficient (Wildman–Crippen LogP) is -0.767. The second-order valence-electron chi connectivity index (χ2n) is 7.47. The molecule has 0 spiro atoms. The van der Waals surface area contributed by atoms with E-state index < -0.39 is 0 Å². The summed E-state index contributed by atoms with van der Waals surface area (Å²) in [6.07, 6.45) is 0. The van der Waals surface area contributed by atoms with Gasteiger partial charge in [-0.25, -0.2) is 4.68 Å². The minimum absolute atomic E-state index is 0.0444.